The second-order valence-corrected chi connectivity index (χ2v) is 4.06. The maximum absolute atomic E-state index is 11.8. The van der Waals surface area contributed by atoms with Gasteiger partial charge in [0.2, 0.25) is 0 Å². The molecule has 1 aromatic carbocycles. The molecule has 19 heavy (non-hydrogen) atoms. The molecule has 0 aromatic heterocycles. The molecular formula is C13H17NO5. The fourth-order valence-corrected chi connectivity index (χ4v) is 1.43. The maximum atomic E-state index is 11.8. The van der Waals surface area contributed by atoms with Crippen molar-refractivity contribution in [2.24, 2.45) is 0 Å². The van der Waals surface area contributed by atoms with Crippen LogP contribution in [0.25, 0.3) is 0 Å². The van der Waals surface area contributed by atoms with Crippen LogP contribution in [0, 0.1) is 0 Å². The van der Waals surface area contributed by atoms with Crippen LogP contribution in [0.3, 0.4) is 0 Å². The minimum absolute atomic E-state index is 0.0483. The van der Waals surface area contributed by atoms with Crippen LogP contribution in [0.1, 0.15) is 16.8 Å². The van der Waals surface area contributed by atoms with Crippen LogP contribution in [-0.4, -0.2) is 49.7 Å². The van der Waals surface area contributed by atoms with E-state index in [-0.39, 0.29) is 18.9 Å². The number of carbonyl (C=O) groups excluding carboxylic acids is 1. The Bertz CT molecular complexity index is 470. The van der Waals surface area contributed by atoms with Gasteiger partial charge in [0, 0.05) is 19.7 Å². The van der Waals surface area contributed by atoms with Gasteiger partial charge in [-0.25, -0.2) is 0 Å². The average Bonchev–Trinajstić information content (AvgIpc) is 2.37. The first kappa shape index (κ1) is 14.8. The van der Waals surface area contributed by atoms with Gasteiger partial charge in [-0.15, -0.1) is 0 Å². The molecule has 1 rings (SSSR count). The third kappa shape index (κ3) is 4.17. The molecule has 0 aliphatic heterocycles. The van der Waals surface area contributed by atoms with Gasteiger partial charge in [0.15, 0.2) is 11.5 Å². The summed E-state index contributed by atoms with van der Waals surface area (Å²) in [6, 6.07) is 4.77. The van der Waals surface area contributed by atoms with Crippen LogP contribution in [0.2, 0.25) is 0 Å². The van der Waals surface area contributed by atoms with Crippen molar-refractivity contribution < 1.29 is 24.2 Å². The standard InChI is InChI=1S/C13H17NO5/c1-14(2)13(17)9-4-5-10(11(8-9)18-3)19-7-6-12(15)16/h4-5,8H,6-7H2,1-3H3,(H,15,16). The molecule has 0 saturated heterocycles. The van der Waals surface area contributed by atoms with E-state index in [9.17, 15) is 9.59 Å². The number of benzene rings is 1. The van der Waals surface area contributed by atoms with E-state index in [1.807, 2.05) is 0 Å². The van der Waals surface area contributed by atoms with E-state index in [0.717, 1.165) is 0 Å². The van der Waals surface area contributed by atoms with Crippen molar-refractivity contribution in [3.8, 4) is 11.5 Å². The van der Waals surface area contributed by atoms with Crippen LogP contribution >= 0.6 is 0 Å². The van der Waals surface area contributed by atoms with Gasteiger partial charge < -0.3 is 19.5 Å². The second-order valence-electron chi connectivity index (χ2n) is 4.06. The molecule has 0 heterocycles. The highest BCUT2D eigenvalue weighted by atomic mass is 16.5. The molecule has 0 bridgehead atoms. The zero-order chi connectivity index (χ0) is 14.4. The molecule has 0 atom stereocenters. The minimum atomic E-state index is -0.932. The Hall–Kier alpha value is -2.24. The molecule has 0 spiro atoms. The number of hydrogen-bond acceptors (Lipinski definition) is 4. The van der Waals surface area contributed by atoms with Crippen molar-refractivity contribution >= 4 is 11.9 Å². The number of methoxy groups -OCH3 is 1. The highest BCUT2D eigenvalue weighted by Gasteiger charge is 2.12. The van der Waals surface area contributed by atoms with Gasteiger partial charge in [-0.2, -0.15) is 0 Å². The summed E-state index contributed by atoms with van der Waals surface area (Å²) in [5.74, 6) is -0.258. The van der Waals surface area contributed by atoms with Gasteiger partial charge in [-0.1, -0.05) is 0 Å². The van der Waals surface area contributed by atoms with Crippen molar-refractivity contribution in [2.75, 3.05) is 27.8 Å². The summed E-state index contributed by atoms with van der Waals surface area (Å²) < 4.78 is 10.4. The number of ether oxygens (including phenoxy) is 2. The van der Waals surface area contributed by atoms with Crippen LogP contribution in [0.4, 0.5) is 0 Å². The molecular weight excluding hydrogens is 250 g/mol. The Labute approximate surface area is 111 Å². The Morgan fingerprint density at radius 2 is 1.95 bits per heavy atom. The highest BCUT2D eigenvalue weighted by molar-refractivity contribution is 5.94. The van der Waals surface area contributed by atoms with E-state index in [1.54, 1.807) is 32.3 Å². The molecule has 6 nitrogen and oxygen atoms in total. The van der Waals surface area contributed by atoms with Crippen LogP contribution in [-0.2, 0) is 4.79 Å². The average molecular weight is 267 g/mol. The lowest BCUT2D eigenvalue weighted by Crippen LogP contribution is -2.21. The lowest BCUT2D eigenvalue weighted by Gasteiger charge is -2.14. The topological polar surface area (TPSA) is 76.1 Å². The largest absolute Gasteiger partial charge is 0.493 e. The summed E-state index contributed by atoms with van der Waals surface area (Å²) in [5.41, 5.74) is 0.479. The van der Waals surface area contributed by atoms with Gasteiger partial charge in [0.05, 0.1) is 20.1 Å². The molecule has 1 N–H and O–H groups in total. The quantitative estimate of drug-likeness (QED) is 0.839. The number of carboxylic acid groups (broad SMARTS) is 1. The van der Waals surface area contributed by atoms with E-state index in [0.29, 0.717) is 17.1 Å². The van der Waals surface area contributed by atoms with Crippen molar-refractivity contribution in [3.05, 3.63) is 23.8 Å². The van der Waals surface area contributed by atoms with Crippen LogP contribution in [0.5, 0.6) is 11.5 Å². The van der Waals surface area contributed by atoms with Crippen molar-refractivity contribution in [3.63, 3.8) is 0 Å². The van der Waals surface area contributed by atoms with Gasteiger partial charge in [0.1, 0.15) is 0 Å². The predicted molar refractivity (Wildman–Crippen MR) is 68.8 cm³/mol. The Morgan fingerprint density at radius 3 is 2.47 bits per heavy atom. The summed E-state index contributed by atoms with van der Waals surface area (Å²) >= 11 is 0. The van der Waals surface area contributed by atoms with Crippen molar-refractivity contribution in [1.82, 2.24) is 4.90 Å². The monoisotopic (exact) mass is 267 g/mol. The first-order valence-corrected chi connectivity index (χ1v) is 5.70. The lowest BCUT2D eigenvalue weighted by molar-refractivity contribution is -0.137. The van der Waals surface area contributed by atoms with Crippen LogP contribution < -0.4 is 9.47 Å². The summed E-state index contributed by atoms with van der Waals surface area (Å²) in [7, 11) is 4.78. The Kier molecular flexibility index (Phi) is 5.17. The smallest absolute Gasteiger partial charge is 0.306 e. The maximum Gasteiger partial charge on any atom is 0.306 e. The lowest BCUT2D eigenvalue weighted by atomic mass is 10.2. The summed E-state index contributed by atoms with van der Waals surface area (Å²) in [5, 5.41) is 8.53. The number of carboxylic acids is 1. The summed E-state index contributed by atoms with van der Waals surface area (Å²) in [4.78, 5) is 23.6. The molecule has 104 valence electrons. The van der Waals surface area contributed by atoms with E-state index >= 15 is 0 Å². The van der Waals surface area contributed by atoms with E-state index in [1.165, 1.54) is 12.0 Å². The summed E-state index contributed by atoms with van der Waals surface area (Å²) in [6.07, 6.45) is -0.0957. The normalized spacial score (nSPS) is 9.84. The first-order chi connectivity index (χ1) is 8.95. The number of amides is 1. The molecule has 0 radical (unpaired) electrons. The molecule has 0 aliphatic carbocycles. The molecule has 0 saturated carbocycles. The third-order valence-electron chi connectivity index (χ3n) is 2.39. The molecule has 0 aliphatic rings. The van der Waals surface area contributed by atoms with E-state index in [2.05, 4.69) is 0 Å². The fraction of sp³-hybridized carbons (Fsp3) is 0.385. The van der Waals surface area contributed by atoms with Crippen LogP contribution in [0.15, 0.2) is 18.2 Å². The van der Waals surface area contributed by atoms with Gasteiger partial charge >= 0.3 is 5.97 Å². The summed E-state index contributed by atoms with van der Waals surface area (Å²) in [6.45, 7) is 0.0483. The highest BCUT2D eigenvalue weighted by Crippen LogP contribution is 2.28. The zero-order valence-electron chi connectivity index (χ0n) is 11.2. The van der Waals surface area contributed by atoms with Gasteiger partial charge in [-0.05, 0) is 18.2 Å². The molecule has 0 fully saturated rings. The first-order valence-electron chi connectivity index (χ1n) is 5.70. The predicted octanol–water partition coefficient (Wildman–Crippen LogP) is 1.25. The Balaban J connectivity index is 2.84. The third-order valence-corrected chi connectivity index (χ3v) is 2.39. The molecule has 1 aromatic rings. The second kappa shape index (κ2) is 6.63. The Morgan fingerprint density at radius 1 is 1.26 bits per heavy atom. The number of nitrogens with zero attached hydrogens (tertiary/aromatic N) is 1. The fourth-order valence-electron chi connectivity index (χ4n) is 1.43. The number of rotatable bonds is 6. The zero-order valence-corrected chi connectivity index (χ0v) is 11.2. The molecule has 0 unspecified atom stereocenters. The SMILES string of the molecule is COc1cc(C(=O)N(C)C)ccc1OCCC(=O)O. The van der Waals surface area contributed by atoms with Crippen molar-refractivity contribution in [1.29, 1.82) is 0 Å². The van der Waals surface area contributed by atoms with Gasteiger partial charge in [0.25, 0.3) is 5.91 Å². The molecule has 6 heteroatoms. The minimum Gasteiger partial charge on any atom is -0.493 e. The van der Waals surface area contributed by atoms with E-state index in [4.69, 9.17) is 14.6 Å². The molecule has 1 amide bonds. The van der Waals surface area contributed by atoms with Crippen molar-refractivity contribution in [2.45, 2.75) is 6.42 Å². The van der Waals surface area contributed by atoms with Gasteiger partial charge in [-0.3, -0.25) is 9.59 Å². The number of carbonyl (C=O) groups is 2. The van der Waals surface area contributed by atoms with E-state index < -0.39 is 5.97 Å². The number of aliphatic carboxylic acids is 1. The number of hydrogen-bond donors (Lipinski definition) is 1.